The second-order valence-electron chi connectivity index (χ2n) is 8.95. The Labute approximate surface area is 240 Å². The van der Waals surface area contributed by atoms with Gasteiger partial charge in [-0.15, -0.1) is 11.8 Å². The van der Waals surface area contributed by atoms with Crippen LogP contribution in [0.5, 0.6) is 5.75 Å². The number of ether oxygens (including phenoxy) is 1. The van der Waals surface area contributed by atoms with Gasteiger partial charge in [0.05, 0.1) is 24.3 Å². The molecule has 1 aliphatic rings. The van der Waals surface area contributed by atoms with Gasteiger partial charge in [-0.1, -0.05) is 18.2 Å². The third kappa shape index (κ3) is 6.56. The maximum Gasteiger partial charge on any atom is 0.272 e. The Balaban J connectivity index is 1.24. The first-order chi connectivity index (χ1) is 19.9. The molecule has 0 bridgehead atoms. The molecule has 9 nitrogen and oxygen atoms in total. The fraction of sp³-hybridized carbons (Fsp3) is 0.0968. The number of furan rings is 1. The molecule has 5 rings (SSSR count). The lowest BCUT2D eigenvalue weighted by atomic mass is 10.2. The standard InChI is InChI=1S/C31H25N3O6S/c1-39-23-13-11-22(12-14-23)34-28(35)19-27(31(34)38)41-25-15-9-21(10-16-25)32-30(37)26(18-24-8-5-17-40-24)33-29(36)20-6-3-2-4-7-20/h2-18,27H,19H2,1H3,(H,32,37)(H,33,36)/b26-18-. The molecule has 1 aliphatic heterocycles. The second kappa shape index (κ2) is 12.4. The minimum atomic E-state index is -0.568. The van der Waals surface area contributed by atoms with Crippen molar-refractivity contribution in [3.05, 3.63) is 114 Å². The molecular weight excluding hydrogens is 542 g/mol. The van der Waals surface area contributed by atoms with Gasteiger partial charge >= 0.3 is 0 Å². The maximum atomic E-state index is 13.1. The number of hydrogen-bond donors (Lipinski definition) is 2. The van der Waals surface area contributed by atoms with Crippen molar-refractivity contribution in [3.8, 4) is 5.75 Å². The Hall–Kier alpha value is -5.09. The summed E-state index contributed by atoms with van der Waals surface area (Å²) in [6.07, 6.45) is 2.99. The first-order valence-electron chi connectivity index (χ1n) is 12.6. The monoisotopic (exact) mass is 567 g/mol. The summed E-state index contributed by atoms with van der Waals surface area (Å²) in [6, 6.07) is 25.5. The molecule has 3 aromatic carbocycles. The van der Waals surface area contributed by atoms with Gasteiger partial charge in [-0.25, -0.2) is 4.90 Å². The third-order valence-corrected chi connectivity index (χ3v) is 7.38. The van der Waals surface area contributed by atoms with E-state index < -0.39 is 17.1 Å². The molecule has 0 aliphatic carbocycles. The molecule has 2 heterocycles. The van der Waals surface area contributed by atoms with Gasteiger partial charge in [0.25, 0.3) is 11.8 Å². The van der Waals surface area contributed by atoms with Crippen molar-refractivity contribution in [2.45, 2.75) is 16.6 Å². The highest BCUT2D eigenvalue weighted by Gasteiger charge is 2.40. The van der Waals surface area contributed by atoms with Gasteiger partial charge in [0.1, 0.15) is 17.2 Å². The van der Waals surface area contributed by atoms with Crippen molar-refractivity contribution < 1.29 is 28.3 Å². The van der Waals surface area contributed by atoms with Gasteiger partial charge in [0, 0.05) is 28.6 Å². The van der Waals surface area contributed by atoms with Crippen molar-refractivity contribution in [2.75, 3.05) is 17.3 Å². The van der Waals surface area contributed by atoms with Crippen molar-refractivity contribution in [3.63, 3.8) is 0 Å². The van der Waals surface area contributed by atoms with E-state index in [1.165, 1.54) is 29.0 Å². The SMILES string of the molecule is COc1ccc(N2C(=O)CC(Sc3ccc(NC(=O)/C(=C/c4ccco4)NC(=O)c4ccccc4)cc3)C2=O)cc1. The van der Waals surface area contributed by atoms with Crippen molar-refractivity contribution in [1.29, 1.82) is 0 Å². The Bertz CT molecular complexity index is 1580. The number of rotatable bonds is 9. The first-order valence-corrected chi connectivity index (χ1v) is 13.5. The van der Waals surface area contributed by atoms with E-state index in [0.29, 0.717) is 28.4 Å². The van der Waals surface area contributed by atoms with E-state index in [0.717, 1.165) is 4.90 Å². The quantitative estimate of drug-likeness (QED) is 0.213. The van der Waals surface area contributed by atoms with E-state index in [-0.39, 0.29) is 23.9 Å². The Morgan fingerprint density at radius 2 is 1.68 bits per heavy atom. The number of benzene rings is 3. The van der Waals surface area contributed by atoms with Crippen LogP contribution >= 0.6 is 11.8 Å². The molecule has 0 spiro atoms. The molecule has 0 saturated carbocycles. The molecule has 206 valence electrons. The van der Waals surface area contributed by atoms with Crippen LogP contribution in [-0.2, 0) is 14.4 Å². The molecule has 1 fully saturated rings. The summed E-state index contributed by atoms with van der Waals surface area (Å²) in [4.78, 5) is 53.5. The molecule has 1 aromatic heterocycles. The summed E-state index contributed by atoms with van der Waals surface area (Å²) in [5.74, 6) is -0.509. The zero-order valence-electron chi connectivity index (χ0n) is 21.9. The number of hydrogen-bond acceptors (Lipinski definition) is 7. The van der Waals surface area contributed by atoms with E-state index in [4.69, 9.17) is 9.15 Å². The van der Waals surface area contributed by atoms with Crippen LogP contribution in [0.1, 0.15) is 22.5 Å². The van der Waals surface area contributed by atoms with E-state index in [1.807, 2.05) is 0 Å². The van der Waals surface area contributed by atoms with Gasteiger partial charge in [-0.05, 0) is 72.8 Å². The number of carbonyl (C=O) groups excluding carboxylic acids is 4. The van der Waals surface area contributed by atoms with Crippen LogP contribution in [-0.4, -0.2) is 36.0 Å². The zero-order chi connectivity index (χ0) is 28.8. The van der Waals surface area contributed by atoms with Crippen molar-refractivity contribution in [1.82, 2.24) is 5.32 Å². The fourth-order valence-electron chi connectivity index (χ4n) is 4.14. The molecule has 41 heavy (non-hydrogen) atoms. The van der Waals surface area contributed by atoms with Crippen LogP contribution in [0.15, 0.2) is 112 Å². The second-order valence-corrected chi connectivity index (χ2v) is 10.2. The van der Waals surface area contributed by atoms with Crippen LogP contribution in [0, 0.1) is 0 Å². The maximum absolute atomic E-state index is 13.1. The minimum Gasteiger partial charge on any atom is -0.497 e. The predicted molar refractivity (Wildman–Crippen MR) is 155 cm³/mol. The number of carbonyl (C=O) groups is 4. The predicted octanol–water partition coefficient (Wildman–Crippen LogP) is 5.12. The van der Waals surface area contributed by atoms with E-state index in [1.54, 1.807) is 98.1 Å². The van der Waals surface area contributed by atoms with Crippen LogP contribution in [0.25, 0.3) is 6.08 Å². The summed E-state index contributed by atoms with van der Waals surface area (Å²) in [5, 5.41) is 4.85. The summed E-state index contributed by atoms with van der Waals surface area (Å²) in [7, 11) is 1.55. The summed E-state index contributed by atoms with van der Waals surface area (Å²) in [5.41, 5.74) is 1.38. The number of amides is 4. The van der Waals surface area contributed by atoms with E-state index >= 15 is 0 Å². The van der Waals surface area contributed by atoms with Crippen LogP contribution in [0.3, 0.4) is 0 Å². The van der Waals surface area contributed by atoms with E-state index in [2.05, 4.69) is 10.6 Å². The lowest BCUT2D eigenvalue weighted by Crippen LogP contribution is -2.31. The summed E-state index contributed by atoms with van der Waals surface area (Å²) >= 11 is 1.28. The van der Waals surface area contributed by atoms with Crippen LogP contribution in [0.2, 0.25) is 0 Å². The zero-order valence-corrected chi connectivity index (χ0v) is 22.7. The number of nitrogens with one attached hydrogen (secondary N) is 2. The van der Waals surface area contributed by atoms with Crippen molar-refractivity contribution in [2.24, 2.45) is 0 Å². The van der Waals surface area contributed by atoms with Gasteiger partial charge in [0.2, 0.25) is 11.8 Å². The Morgan fingerprint density at radius 3 is 2.34 bits per heavy atom. The molecule has 1 atom stereocenters. The largest absolute Gasteiger partial charge is 0.497 e. The highest BCUT2D eigenvalue weighted by atomic mass is 32.2. The Kier molecular flexibility index (Phi) is 8.31. The number of thioether (sulfide) groups is 1. The Morgan fingerprint density at radius 1 is 0.951 bits per heavy atom. The average Bonchev–Trinajstić information content (AvgIpc) is 3.61. The van der Waals surface area contributed by atoms with E-state index in [9.17, 15) is 19.2 Å². The minimum absolute atomic E-state index is 0.000873. The third-order valence-electron chi connectivity index (χ3n) is 6.18. The molecule has 2 N–H and O–H groups in total. The van der Waals surface area contributed by atoms with Crippen LogP contribution in [0.4, 0.5) is 11.4 Å². The molecule has 1 saturated heterocycles. The summed E-state index contributed by atoms with van der Waals surface area (Å²) in [6.45, 7) is 0. The fourth-order valence-corrected chi connectivity index (χ4v) is 5.19. The van der Waals surface area contributed by atoms with Crippen LogP contribution < -0.4 is 20.3 Å². The number of imide groups is 1. The topological polar surface area (TPSA) is 118 Å². The normalized spacial score (nSPS) is 15.1. The lowest BCUT2D eigenvalue weighted by molar-refractivity contribution is -0.121. The van der Waals surface area contributed by atoms with Gasteiger partial charge in [-0.3, -0.25) is 19.2 Å². The number of nitrogens with zero attached hydrogens (tertiary/aromatic N) is 1. The van der Waals surface area contributed by atoms with Gasteiger partial charge in [-0.2, -0.15) is 0 Å². The molecular formula is C31H25N3O6S. The number of anilines is 2. The van der Waals surface area contributed by atoms with Crippen molar-refractivity contribution >= 4 is 52.8 Å². The van der Waals surface area contributed by atoms with Gasteiger partial charge in [0.15, 0.2) is 0 Å². The highest BCUT2D eigenvalue weighted by molar-refractivity contribution is 8.00. The van der Waals surface area contributed by atoms with Gasteiger partial charge < -0.3 is 19.8 Å². The summed E-state index contributed by atoms with van der Waals surface area (Å²) < 4.78 is 10.5. The molecule has 0 radical (unpaired) electrons. The highest BCUT2D eigenvalue weighted by Crippen LogP contribution is 2.35. The molecule has 10 heteroatoms. The molecule has 4 aromatic rings. The average molecular weight is 568 g/mol. The lowest BCUT2D eigenvalue weighted by Gasteiger charge is -2.15. The number of methoxy groups -OCH3 is 1. The molecule has 1 unspecified atom stereocenters. The molecule has 4 amide bonds. The smallest absolute Gasteiger partial charge is 0.272 e. The first kappa shape index (κ1) is 27.5.